The summed E-state index contributed by atoms with van der Waals surface area (Å²) in [6.45, 7) is 4.05. The van der Waals surface area contributed by atoms with Gasteiger partial charge in [0.15, 0.2) is 0 Å². The molecule has 0 aliphatic heterocycles. The zero-order chi connectivity index (χ0) is 20.1. The molecular formula is C22H25N3O3. The molecule has 1 N–H and O–H groups in total. The molecule has 1 heterocycles. The Bertz CT molecular complexity index is 1080. The van der Waals surface area contributed by atoms with Crippen molar-refractivity contribution in [2.75, 3.05) is 0 Å². The van der Waals surface area contributed by atoms with E-state index in [2.05, 4.69) is 5.32 Å². The zero-order valence-corrected chi connectivity index (χ0v) is 16.2. The van der Waals surface area contributed by atoms with Crippen molar-refractivity contribution in [1.29, 1.82) is 0 Å². The lowest BCUT2D eigenvalue weighted by molar-refractivity contribution is -0.122. The molecule has 1 amide bonds. The molecular weight excluding hydrogens is 354 g/mol. The van der Waals surface area contributed by atoms with Crippen LogP contribution in [0.1, 0.15) is 25.8 Å². The van der Waals surface area contributed by atoms with Crippen molar-refractivity contribution in [3.05, 3.63) is 81.0 Å². The van der Waals surface area contributed by atoms with Gasteiger partial charge < -0.3 is 5.32 Å². The van der Waals surface area contributed by atoms with Crippen LogP contribution in [0.4, 0.5) is 0 Å². The maximum atomic E-state index is 13.1. The average Bonchev–Trinajstić information content (AvgIpc) is 2.71. The highest BCUT2D eigenvalue weighted by Crippen LogP contribution is 2.08. The van der Waals surface area contributed by atoms with Crippen LogP contribution in [-0.4, -0.2) is 21.1 Å². The second-order valence-electron chi connectivity index (χ2n) is 6.96. The van der Waals surface area contributed by atoms with Gasteiger partial charge in [0.1, 0.15) is 6.54 Å². The van der Waals surface area contributed by atoms with E-state index in [1.165, 1.54) is 9.13 Å². The Labute approximate surface area is 163 Å². The minimum absolute atomic E-state index is 0.0263. The van der Waals surface area contributed by atoms with E-state index in [4.69, 9.17) is 0 Å². The first kappa shape index (κ1) is 19.6. The van der Waals surface area contributed by atoms with E-state index in [0.29, 0.717) is 17.3 Å². The fourth-order valence-corrected chi connectivity index (χ4v) is 3.17. The highest BCUT2D eigenvalue weighted by atomic mass is 16.2. The molecule has 3 aromatic rings. The van der Waals surface area contributed by atoms with Gasteiger partial charge in [0.05, 0.1) is 10.9 Å². The molecule has 0 fully saturated rings. The topological polar surface area (TPSA) is 73.1 Å². The Kier molecular flexibility index (Phi) is 6.09. The largest absolute Gasteiger partial charge is 0.352 e. The van der Waals surface area contributed by atoms with Gasteiger partial charge in [-0.2, -0.15) is 0 Å². The maximum Gasteiger partial charge on any atom is 0.331 e. The first-order chi connectivity index (χ1) is 13.5. The first-order valence-corrected chi connectivity index (χ1v) is 9.57. The molecule has 1 atom stereocenters. The van der Waals surface area contributed by atoms with E-state index in [0.717, 1.165) is 12.0 Å². The third-order valence-electron chi connectivity index (χ3n) is 4.92. The molecule has 0 aliphatic rings. The molecule has 0 radical (unpaired) electrons. The normalized spacial score (nSPS) is 12.1. The summed E-state index contributed by atoms with van der Waals surface area (Å²) in [6.07, 6.45) is 1.37. The lowest BCUT2D eigenvalue weighted by Gasteiger charge is -2.16. The monoisotopic (exact) mass is 379 g/mol. The van der Waals surface area contributed by atoms with Gasteiger partial charge in [-0.15, -0.1) is 0 Å². The fourth-order valence-electron chi connectivity index (χ4n) is 3.17. The second-order valence-corrected chi connectivity index (χ2v) is 6.96. The third kappa shape index (κ3) is 4.22. The van der Waals surface area contributed by atoms with Crippen LogP contribution in [0.25, 0.3) is 10.9 Å². The van der Waals surface area contributed by atoms with Gasteiger partial charge in [-0.05, 0) is 37.5 Å². The van der Waals surface area contributed by atoms with E-state index < -0.39 is 5.69 Å². The van der Waals surface area contributed by atoms with Crippen LogP contribution in [0.15, 0.2) is 64.2 Å². The highest BCUT2D eigenvalue weighted by Gasteiger charge is 2.15. The summed E-state index contributed by atoms with van der Waals surface area (Å²) in [4.78, 5) is 38.3. The number of hydrogen-bond acceptors (Lipinski definition) is 3. The summed E-state index contributed by atoms with van der Waals surface area (Å²) in [5, 5.41) is 3.31. The van der Waals surface area contributed by atoms with Crippen LogP contribution in [0.2, 0.25) is 0 Å². The number of rotatable bonds is 7. The number of benzene rings is 2. The number of hydrogen-bond donors (Lipinski definition) is 1. The van der Waals surface area contributed by atoms with Gasteiger partial charge in [0.2, 0.25) is 5.91 Å². The van der Waals surface area contributed by atoms with Crippen LogP contribution in [0.5, 0.6) is 0 Å². The smallest absolute Gasteiger partial charge is 0.331 e. The molecule has 0 spiro atoms. The average molecular weight is 379 g/mol. The Morgan fingerprint density at radius 2 is 1.68 bits per heavy atom. The number of nitrogens with one attached hydrogen (secondary N) is 1. The number of nitrogens with zero attached hydrogens (tertiary/aromatic N) is 2. The van der Waals surface area contributed by atoms with E-state index in [1.54, 1.807) is 24.3 Å². The van der Waals surface area contributed by atoms with E-state index in [-0.39, 0.29) is 30.6 Å². The molecule has 0 saturated heterocycles. The van der Waals surface area contributed by atoms with Gasteiger partial charge in [0, 0.05) is 12.6 Å². The number of carbonyl (C=O) groups is 1. The molecule has 0 unspecified atom stereocenters. The van der Waals surface area contributed by atoms with Crippen LogP contribution in [0.3, 0.4) is 0 Å². The molecule has 0 saturated carbocycles. The standard InChI is InChI=1S/C22H25N3O3/c1-3-16(2)23-20(26)15-25-19-12-8-7-11-18(19)21(27)24(22(25)28)14-13-17-9-5-4-6-10-17/h4-12,16H,3,13-15H2,1-2H3,(H,23,26)/t16-/m0/s1. The summed E-state index contributed by atoms with van der Waals surface area (Å²) in [5.41, 5.74) is 0.741. The number of para-hydroxylation sites is 1. The van der Waals surface area contributed by atoms with Gasteiger partial charge in [-0.25, -0.2) is 4.79 Å². The third-order valence-corrected chi connectivity index (χ3v) is 4.92. The Hall–Kier alpha value is -3.15. The number of amides is 1. The van der Waals surface area contributed by atoms with Gasteiger partial charge in [-0.3, -0.25) is 18.7 Å². The lowest BCUT2D eigenvalue weighted by atomic mass is 10.1. The van der Waals surface area contributed by atoms with Crippen molar-refractivity contribution in [2.45, 2.75) is 45.8 Å². The second kappa shape index (κ2) is 8.69. The fraction of sp³-hybridized carbons (Fsp3) is 0.318. The quantitative estimate of drug-likeness (QED) is 0.685. The minimum atomic E-state index is -0.459. The number of carbonyl (C=O) groups excluding carboxylic acids is 1. The van der Waals surface area contributed by atoms with Crippen LogP contribution < -0.4 is 16.6 Å². The Morgan fingerprint density at radius 3 is 2.39 bits per heavy atom. The molecule has 3 rings (SSSR count). The van der Waals surface area contributed by atoms with Gasteiger partial charge in [-0.1, -0.05) is 49.4 Å². The number of aryl methyl sites for hydroxylation is 1. The Balaban J connectivity index is 2.01. The van der Waals surface area contributed by atoms with Crippen molar-refractivity contribution >= 4 is 16.8 Å². The van der Waals surface area contributed by atoms with Crippen LogP contribution >= 0.6 is 0 Å². The SMILES string of the molecule is CC[C@H](C)NC(=O)Cn1c(=O)n(CCc2ccccc2)c(=O)c2ccccc21. The van der Waals surface area contributed by atoms with Crippen molar-refractivity contribution in [3.63, 3.8) is 0 Å². The van der Waals surface area contributed by atoms with Crippen molar-refractivity contribution < 1.29 is 4.79 Å². The molecule has 2 aromatic carbocycles. The Morgan fingerprint density at radius 1 is 1.00 bits per heavy atom. The lowest BCUT2D eigenvalue weighted by Crippen LogP contribution is -2.44. The molecule has 0 bridgehead atoms. The van der Waals surface area contributed by atoms with E-state index in [1.807, 2.05) is 44.2 Å². The molecule has 1 aromatic heterocycles. The van der Waals surface area contributed by atoms with Gasteiger partial charge in [0.25, 0.3) is 5.56 Å². The molecule has 0 aliphatic carbocycles. The minimum Gasteiger partial charge on any atom is -0.352 e. The van der Waals surface area contributed by atoms with Crippen LogP contribution in [-0.2, 0) is 24.3 Å². The number of fused-ring (bicyclic) bond motifs is 1. The van der Waals surface area contributed by atoms with Crippen molar-refractivity contribution in [1.82, 2.24) is 14.5 Å². The molecule has 28 heavy (non-hydrogen) atoms. The summed E-state index contributed by atoms with van der Waals surface area (Å²) >= 11 is 0. The van der Waals surface area contributed by atoms with Crippen molar-refractivity contribution in [2.24, 2.45) is 0 Å². The first-order valence-electron chi connectivity index (χ1n) is 9.57. The number of aromatic nitrogens is 2. The van der Waals surface area contributed by atoms with Crippen molar-refractivity contribution in [3.8, 4) is 0 Å². The predicted molar refractivity (Wildman–Crippen MR) is 111 cm³/mol. The highest BCUT2D eigenvalue weighted by molar-refractivity contribution is 5.81. The van der Waals surface area contributed by atoms with E-state index in [9.17, 15) is 14.4 Å². The van der Waals surface area contributed by atoms with E-state index >= 15 is 0 Å². The molecule has 146 valence electrons. The summed E-state index contributed by atoms with van der Waals surface area (Å²) in [6, 6.07) is 16.7. The molecule has 6 heteroatoms. The van der Waals surface area contributed by atoms with Gasteiger partial charge >= 0.3 is 5.69 Å². The summed E-state index contributed by atoms with van der Waals surface area (Å²) in [5.74, 6) is -0.241. The van der Waals surface area contributed by atoms with Crippen LogP contribution in [0, 0.1) is 0 Å². The predicted octanol–water partition coefficient (Wildman–Crippen LogP) is 2.32. The molecule has 6 nitrogen and oxygen atoms in total. The maximum absolute atomic E-state index is 13.1. The summed E-state index contributed by atoms with van der Waals surface area (Å²) < 4.78 is 2.62. The zero-order valence-electron chi connectivity index (χ0n) is 16.2. The summed E-state index contributed by atoms with van der Waals surface area (Å²) in [7, 11) is 0.